The van der Waals surface area contributed by atoms with Gasteiger partial charge in [0.1, 0.15) is 6.04 Å². The van der Waals surface area contributed by atoms with Crippen molar-refractivity contribution in [2.45, 2.75) is 82.9 Å². The molecule has 0 radical (unpaired) electrons. The second-order valence-corrected chi connectivity index (χ2v) is 10.1. The van der Waals surface area contributed by atoms with Crippen LogP contribution in [0.25, 0.3) is 0 Å². The molecule has 5 unspecified atom stereocenters. The number of amides is 2. The summed E-state index contributed by atoms with van der Waals surface area (Å²) in [5.74, 6) is 0.151. The van der Waals surface area contributed by atoms with E-state index in [9.17, 15) is 24.6 Å². The van der Waals surface area contributed by atoms with Gasteiger partial charge in [-0.2, -0.15) is 0 Å². The maximum atomic E-state index is 12.8. The standard InChI is InChI=1S/C23H38N2O6/c1-14(2)9-18(20(28)23(12-27)13-31-23)24-22(30)19(11-26)25-21(29)17-8-7-15-5-3-4-6-16(15)10-17/h14-19,26-27H,3-13H2,1-2H3,(H,24,30)(H,25,29)/t15?,16?,17?,18?,19-,23?/m0/s1. The molecule has 6 atom stereocenters. The first-order valence-electron chi connectivity index (χ1n) is 11.8. The van der Waals surface area contributed by atoms with E-state index in [-0.39, 0.29) is 30.1 Å². The van der Waals surface area contributed by atoms with Crippen LogP contribution in [0.3, 0.4) is 0 Å². The Balaban J connectivity index is 1.57. The van der Waals surface area contributed by atoms with E-state index in [1.807, 2.05) is 13.8 Å². The lowest BCUT2D eigenvalue weighted by Gasteiger charge is -2.39. The first-order valence-corrected chi connectivity index (χ1v) is 11.8. The smallest absolute Gasteiger partial charge is 0.245 e. The summed E-state index contributed by atoms with van der Waals surface area (Å²) in [6.07, 6.45) is 8.03. The molecule has 0 aromatic rings. The summed E-state index contributed by atoms with van der Waals surface area (Å²) in [6.45, 7) is 3.02. The molecule has 0 spiro atoms. The van der Waals surface area contributed by atoms with Gasteiger partial charge in [-0.1, -0.05) is 39.5 Å². The first kappa shape index (κ1) is 24.1. The number of hydrogen-bond acceptors (Lipinski definition) is 6. The van der Waals surface area contributed by atoms with Gasteiger partial charge in [0.15, 0.2) is 11.4 Å². The van der Waals surface area contributed by atoms with Crippen molar-refractivity contribution >= 4 is 17.6 Å². The molecule has 3 aliphatic rings. The molecule has 1 saturated heterocycles. The van der Waals surface area contributed by atoms with E-state index in [4.69, 9.17) is 4.74 Å². The summed E-state index contributed by atoms with van der Waals surface area (Å²) < 4.78 is 5.16. The number of rotatable bonds is 10. The Bertz CT molecular complexity index is 662. The summed E-state index contributed by atoms with van der Waals surface area (Å²) in [5.41, 5.74) is -1.23. The largest absolute Gasteiger partial charge is 0.394 e. The van der Waals surface area contributed by atoms with E-state index >= 15 is 0 Å². The Hall–Kier alpha value is -1.51. The summed E-state index contributed by atoms with van der Waals surface area (Å²) in [7, 11) is 0. The molecule has 1 aliphatic heterocycles. The van der Waals surface area contributed by atoms with Crippen LogP contribution in [-0.2, 0) is 19.1 Å². The van der Waals surface area contributed by atoms with Crippen LogP contribution in [0.1, 0.15) is 65.2 Å². The minimum atomic E-state index is -1.23. The van der Waals surface area contributed by atoms with Crippen LogP contribution in [0, 0.1) is 23.7 Å². The van der Waals surface area contributed by atoms with Gasteiger partial charge in [0.2, 0.25) is 11.8 Å². The summed E-state index contributed by atoms with van der Waals surface area (Å²) in [6, 6.07) is -1.95. The molecule has 2 saturated carbocycles. The molecule has 4 N–H and O–H groups in total. The number of ketones is 1. The van der Waals surface area contributed by atoms with Crippen molar-refractivity contribution in [2.24, 2.45) is 23.7 Å². The van der Waals surface area contributed by atoms with Gasteiger partial charge in [-0.3, -0.25) is 14.4 Å². The zero-order valence-corrected chi connectivity index (χ0v) is 18.8. The number of aliphatic hydroxyl groups is 2. The third-order valence-electron chi connectivity index (χ3n) is 7.26. The molecule has 176 valence electrons. The van der Waals surface area contributed by atoms with Crippen molar-refractivity contribution < 1.29 is 29.3 Å². The highest BCUT2D eigenvalue weighted by molar-refractivity contribution is 5.98. The van der Waals surface area contributed by atoms with E-state index in [0.717, 1.165) is 25.2 Å². The van der Waals surface area contributed by atoms with Gasteiger partial charge in [0.25, 0.3) is 0 Å². The van der Waals surface area contributed by atoms with E-state index in [0.29, 0.717) is 12.3 Å². The molecular weight excluding hydrogens is 400 g/mol. The normalized spacial score (nSPS) is 32.0. The zero-order valence-electron chi connectivity index (χ0n) is 18.8. The third-order valence-corrected chi connectivity index (χ3v) is 7.26. The SMILES string of the molecule is CC(C)CC(NC(=O)[C@H](CO)NC(=O)C1CCC2CCCCC2C1)C(=O)C1(CO)CO1. The molecule has 0 aromatic carbocycles. The molecule has 2 aliphatic carbocycles. The third kappa shape index (κ3) is 5.84. The Morgan fingerprint density at radius 3 is 2.26 bits per heavy atom. The lowest BCUT2D eigenvalue weighted by Crippen LogP contribution is -2.56. The molecule has 3 rings (SSSR count). The average molecular weight is 439 g/mol. The highest BCUT2D eigenvalue weighted by Gasteiger charge is 2.54. The Kier molecular flexibility index (Phi) is 8.10. The number of fused-ring (bicyclic) bond motifs is 1. The van der Waals surface area contributed by atoms with E-state index in [1.165, 1.54) is 25.7 Å². The maximum Gasteiger partial charge on any atom is 0.245 e. The van der Waals surface area contributed by atoms with Gasteiger partial charge in [0.05, 0.1) is 25.9 Å². The fourth-order valence-corrected chi connectivity index (χ4v) is 5.29. The van der Waals surface area contributed by atoms with Crippen LogP contribution in [0.2, 0.25) is 0 Å². The lowest BCUT2D eigenvalue weighted by molar-refractivity contribution is -0.136. The average Bonchev–Trinajstić information content (AvgIpc) is 3.56. The quantitative estimate of drug-likeness (QED) is 0.376. The van der Waals surface area contributed by atoms with E-state index in [1.54, 1.807) is 0 Å². The number of aliphatic hydroxyl groups excluding tert-OH is 2. The van der Waals surface area contributed by atoms with E-state index in [2.05, 4.69) is 10.6 Å². The molecule has 8 nitrogen and oxygen atoms in total. The van der Waals surface area contributed by atoms with Crippen molar-refractivity contribution in [3.05, 3.63) is 0 Å². The molecule has 0 bridgehead atoms. The van der Waals surface area contributed by atoms with Gasteiger partial charge in [-0.25, -0.2) is 0 Å². The molecule has 31 heavy (non-hydrogen) atoms. The fraction of sp³-hybridized carbons (Fsp3) is 0.870. The number of hydrogen-bond donors (Lipinski definition) is 4. The summed E-state index contributed by atoms with van der Waals surface area (Å²) in [4.78, 5) is 38.4. The first-order chi connectivity index (χ1) is 14.8. The fourth-order valence-electron chi connectivity index (χ4n) is 5.29. The summed E-state index contributed by atoms with van der Waals surface area (Å²) >= 11 is 0. The van der Waals surface area contributed by atoms with Crippen molar-refractivity contribution in [3.8, 4) is 0 Å². The molecule has 0 aromatic heterocycles. The monoisotopic (exact) mass is 438 g/mol. The topological polar surface area (TPSA) is 128 Å². The number of epoxide rings is 1. The van der Waals surface area contributed by atoms with Gasteiger partial charge in [0, 0.05) is 5.92 Å². The van der Waals surface area contributed by atoms with Crippen LogP contribution >= 0.6 is 0 Å². The number of carbonyl (C=O) groups is 3. The number of Topliss-reactive ketones (excluding diaryl/α,β-unsaturated/α-hetero) is 1. The van der Waals surface area contributed by atoms with Crippen LogP contribution in [-0.4, -0.2) is 65.3 Å². The highest BCUT2D eigenvalue weighted by Crippen LogP contribution is 2.42. The van der Waals surface area contributed by atoms with Crippen LogP contribution < -0.4 is 10.6 Å². The second kappa shape index (κ2) is 10.4. The number of nitrogens with one attached hydrogen (secondary N) is 2. The minimum Gasteiger partial charge on any atom is -0.394 e. The van der Waals surface area contributed by atoms with Crippen molar-refractivity contribution in [1.82, 2.24) is 10.6 Å². The molecule has 1 heterocycles. The maximum absolute atomic E-state index is 12.8. The van der Waals surface area contributed by atoms with Crippen molar-refractivity contribution in [3.63, 3.8) is 0 Å². The van der Waals surface area contributed by atoms with Crippen LogP contribution in [0.15, 0.2) is 0 Å². The second-order valence-electron chi connectivity index (χ2n) is 10.1. The van der Waals surface area contributed by atoms with Gasteiger partial charge in [-0.05, 0) is 43.4 Å². The molecule has 3 fully saturated rings. The predicted octanol–water partition coefficient (Wildman–Crippen LogP) is 0.931. The lowest BCUT2D eigenvalue weighted by atomic mass is 9.67. The van der Waals surface area contributed by atoms with Gasteiger partial charge in [-0.15, -0.1) is 0 Å². The van der Waals surface area contributed by atoms with Crippen molar-refractivity contribution in [2.75, 3.05) is 19.8 Å². The Morgan fingerprint density at radius 2 is 1.68 bits per heavy atom. The van der Waals surface area contributed by atoms with Gasteiger partial charge >= 0.3 is 0 Å². The predicted molar refractivity (Wildman–Crippen MR) is 114 cm³/mol. The van der Waals surface area contributed by atoms with Crippen LogP contribution in [0.4, 0.5) is 0 Å². The van der Waals surface area contributed by atoms with Crippen molar-refractivity contribution in [1.29, 1.82) is 0 Å². The highest BCUT2D eigenvalue weighted by atomic mass is 16.6. The number of ether oxygens (including phenoxy) is 1. The molecular formula is C23H38N2O6. The van der Waals surface area contributed by atoms with E-state index < -0.39 is 36.8 Å². The molecule has 8 heteroatoms. The number of carbonyl (C=O) groups excluding carboxylic acids is 3. The zero-order chi connectivity index (χ0) is 22.6. The Labute approximate surface area is 184 Å². The molecule has 2 amide bonds. The van der Waals surface area contributed by atoms with Gasteiger partial charge < -0.3 is 25.6 Å². The minimum absolute atomic E-state index is 0.122. The summed E-state index contributed by atoms with van der Waals surface area (Å²) in [5, 5.41) is 24.6. The van der Waals surface area contributed by atoms with Crippen LogP contribution in [0.5, 0.6) is 0 Å². The Morgan fingerprint density at radius 1 is 1.00 bits per heavy atom.